The zero-order chi connectivity index (χ0) is 29.9. The maximum Gasteiger partial charge on any atom is 0.246 e. The molecule has 0 saturated carbocycles. The Morgan fingerprint density at radius 2 is 1.83 bits per heavy atom. The summed E-state index contributed by atoms with van der Waals surface area (Å²) >= 11 is 6.09. The molecule has 1 heterocycles. The number of anilines is 1. The van der Waals surface area contributed by atoms with Crippen molar-refractivity contribution in [1.82, 2.24) is 15.5 Å². The fraction of sp³-hybridized carbons (Fsp3) is 0.467. The highest BCUT2D eigenvalue weighted by Gasteiger charge is 2.36. The SMILES string of the molecule is Cc1cc(NC(=O)[C@H](CCN)NC(=O)[C@@H]2Cc3ccccc3CN2C(=O)CCC(=O)NCCOC(C)C)ccc1Cl. The first kappa shape index (κ1) is 32.0. The largest absolute Gasteiger partial charge is 0.377 e. The van der Waals surface area contributed by atoms with Crippen molar-refractivity contribution < 1.29 is 23.9 Å². The number of nitrogens with two attached hydrogens (primary N) is 1. The molecule has 0 radical (unpaired) electrons. The Kier molecular flexibility index (Phi) is 12.1. The first-order valence-corrected chi connectivity index (χ1v) is 14.3. The van der Waals surface area contributed by atoms with E-state index in [0.29, 0.717) is 30.3 Å². The first-order chi connectivity index (χ1) is 19.6. The van der Waals surface area contributed by atoms with E-state index < -0.39 is 23.9 Å². The number of amides is 4. The normalized spacial score (nSPS) is 15.2. The summed E-state index contributed by atoms with van der Waals surface area (Å²) in [4.78, 5) is 53.8. The minimum atomic E-state index is -0.906. The lowest BCUT2D eigenvalue weighted by molar-refractivity contribution is -0.143. The number of fused-ring (bicyclic) bond motifs is 1. The van der Waals surface area contributed by atoms with E-state index in [4.69, 9.17) is 22.1 Å². The van der Waals surface area contributed by atoms with Gasteiger partial charge < -0.3 is 31.3 Å². The summed E-state index contributed by atoms with van der Waals surface area (Å²) in [6, 6.07) is 11.0. The third-order valence-corrected chi connectivity index (χ3v) is 7.25. The van der Waals surface area contributed by atoms with Gasteiger partial charge in [-0.1, -0.05) is 35.9 Å². The quantitative estimate of drug-likeness (QED) is 0.266. The summed E-state index contributed by atoms with van der Waals surface area (Å²) in [5, 5.41) is 8.95. The van der Waals surface area contributed by atoms with Gasteiger partial charge in [-0.25, -0.2) is 0 Å². The van der Waals surface area contributed by atoms with Crippen LogP contribution < -0.4 is 21.7 Å². The number of nitrogens with zero attached hydrogens (tertiary/aromatic N) is 1. The van der Waals surface area contributed by atoms with Crippen molar-refractivity contribution in [2.75, 3.05) is 25.0 Å². The van der Waals surface area contributed by atoms with E-state index in [1.807, 2.05) is 45.0 Å². The van der Waals surface area contributed by atoms with Gasteiger partial charge in [-0.2, -0.15) is 0 Å². The monoisotopic (exact) mass is 585 g/mol. The zero-order valence-corrected chi connectivity index (χ0v) is 24.6. The number of nitrogens with one attached hydrogen (secondary N) is 3. The molecule has 0 aromatic heterocycles. The van der Waals surface area contributed by atoms with Crippen molar-refractivity contribution in [1.29, 1.82) is 0 Å². The molecule has 1 aliphatic rings. The molecule has 41 heavy (non-hydrogen) atoms. The molecule has 222 valence electrons. The standard InChI is InChI=1S/C30H40ClN5O5/c1-19(2)41-15-14-33-27(37)10-11-28(38)36-18-22-7-5-4-6-21(22)17-26(36)30(40)35-25(12-13-32)29(39)34-23-8-9-24(31)20(3)16-23/h4-9,16,19,25-26H,10-15,17-18,32H2,1-3H3,(H,33,37)(H,34,39)(H,35,40)/t25-,26-/m0/s1. The van der Waals surface area contributed by atoms with E-state index in [0.717, 1.165) is 16.7 Å². The van der Waals surface area contributed by atoms with Gasteiger partial charge in [0.05, 0.1) is 12.7 Å². The minimum Gasteiger partial charge on any atom is -0.377 e. The Morgan fingerprint density at radius 1 is 1.10 bits per heavy atom. The molecule has 5 N–H and O–H groups in total. The molecule has 2 atom stereocenters. The number of hydrogen-bond donors (Lipinski definition) is 4. The van der Waals surface area contributed by atoms with Crippen molar-refractivity contribution >= 4 is 40.9 Å². The van der Waals surface area contributed by atoms with Gasteiger partial charge in [-0.15, -0.1) is 0 Å². The van der Waals surface area contributed by atoms with E-state index in [1.54, 1.807) is 18.2 Å². The van der Waals surface area contributed by atoms with Crippen LogP contribution in [0.2, 0.25) is 5.02 Å². The lowest BCUT2D eigenvalue weighted by Crippen LogP contribution is -2.56. The molecule has 0 aliphatic carbocycles. The number of benzene rings is 2. The molecule has 0 unspecified atom stereocenters. The summed E-state index contributed by atoms with van der Waals surface area (Å²) in [5.41, 5.74) is 9.01. The van der Waals surface area contributed by atoms with Crippen LogP contribution in [0.3, 0.4) is 0 Å². The number of aryl methyl sites for hydroxylation is 1. The van der Waals surface area contributed by atoms with Gasteiger partial charge in [-0.05, 0) is 68.6 Å². The number of carbonyl (C=O) groups excluding carboxylic acids is 4. The average molecular weight is 586 g/mol. The highest BCUT2D eigenvalue weighted by molar-refractivity contribution is 6.31. The topological polar surface area (TPSA) is 143 Å². The van der Waals surface area contributed by atoms with Crippen LogP contribution in [0.4, 0.5) is 5.69 Å². The Balaban J connectivity index is 1.68. The molecule has 2 aromatic rings. The van der Waals surface area contributed by atoms with E-state index >= 15 is 0 Å². The molecular formula is C30H40ClN5O5. The molecule has 3 rings (SSSR count). The third-order valence-electron chi connectivity index (χ3n) is 6.83. The van der Waals surface area contributed by atoms with Crippen LogP contribution in [0.25, 0.3) is 0 Å². The van der Waals surface area contributed by atoms with Crippen molar-refractivity contribution in [2.24, 2.45) is 5.73 Å². The molecule has 10 nitrogen and oxygen atoms in total. The van der Waals surface area contributed by atoms with Crippen LogP contribution in [0.1, 0.15) is 49.8 Å². The lowest BCUT2D eigenvalue weighted by atomic mass is 9.92. The van der Waals surface area contributed by atoms with Crippen molar-refractivity contribution in [3.05, 3.63) is 64.2 Å². The van der Waals surface area contributed by atoms with Gasteiger partial charge in [-0.3, -0.25) is 19.2 Å². The van der Waals surface area contributed by atoms with Crippen LogP contribution in [-0.4, -0.2) is 66.4 Å². The van der Waals surface area contributed by atoms with Crippen molar-refractivity contribution in [3.63, 3.8) is 0 Å². The molecule has 0 saturated heterocycles. The maximum absolute atomic E-state index is 13.6. The second-order valence-electron chi connectivity index (χ2n) is 10.4. The summed E-state index contributed by atoms with van der Waals surface area (Å²) in [6.07, 6.45) is 0.509. The Hall–Kier alpha value is -3.47. The fourth-order valence-electron chi connectivity index (χ4n) is 4.61. The minimum absolute atomic E-state index is 0.00822. The van der Waals surface area contributed by atoms with Crippen molar-refractivity contribution in [3.8, 4) is 0 Å². The van der Waals surface area contributed by atoms with Crippen LogP contribution in [0.15, 0.2) is 42.5 Å². The molecule has 11 heteroatoms. The summed E-state index contributed by atoms with van der Waals surface area (Å²) < 4.78 is 5.42. The highest BCUT2D eigenvalue weighted by Crippen LogP contribution is 2.25. The molecule has 2 aromatic carbocycles. The van der Waals surface area contributed by atoms with Gasteiger partial charge in [0.1, 0.15) is 12.1 Å². The van der Waals surface area contributed by atoms with Crippen molar-refractivity contribution in [2.45, 2.75) is 71.2 Å². The Bertz CT molecular complexity index is 1240. The third kappa shape index (κ3) is 9.55. The Labute approximate surface area is 246 Å². The number of halogens is 1. The smallest absolute Gasteiger partial charge is 0.246 e. The second-order valence-corrected chi connectivity index (χ2v) is 10.8. The highest BCUT2D eigenvalue weighted by atomic mass is 35.5. The van der Waals surface area contributed by atoms with Gasteiger partial charge in [0.2, 0.25) is 23.6 Å². The predicted octanol–water partition coefficient (Wildman–Crippen LogP) is 2.70. The van der Waals surface area contributed by atoms with E-state index in [2.05, 4.69) is 16.0 Å². The number of rotatable bonds is 13. The maximum atomic E-state index is 13.6. The van der Waals surface area contributed by atoms with Crippen LogP contribution >= 0.6 is 11.6 Å². The number of hydrogen-bond acceptors (Lipinski definition) is 6. The molecule has 0 bridgehead atoms. The van der Waals surface area contributed by atoms with Crippen LogP contribution in [-0.2, 0) is 36.9 Å². The van der Waals surface area contributed by atoms with Gasteiger partial charge in [0, 0.05) is 43.1 Å². The summed E-state index contributed by atoms with van der Waals surface area (Å²) in [5.74, 6) is -1.45. The second kappa shape index (κ2) is 15.5. The van der Waals surface area contributed by atoms with E-state index in [9.17, 15) is 19.2 Å². The van der Waals surface area contributed by atoms with Gasteiger partial charge in [0.25, 0.3) is 0 Å². The molecule has 0 spiro atoms. The molecule has 0 fully saturated rings. The first-order valence-electron chi connectivity index (χ1n) is 13.9. The van der Waals surface area contributed by atoms with Gasteiger partial charge in [0.15, 0.2) is 0 Å². The lowest BCUT2D eigenvalue weighted by Gasteiger charge is -2.36. The van der Waals surface area contributed by atoms with E-state index in [-0.39, 0.29) is 50.3 Å². The molecule has 4 amide bonds. The summed E-state index contributed by atoms with van der Waals surface area (Å²) in [7, 11) is 0. The average Bonchev–Trinajstić information content (AvgIpc) is 2.94. The number of carbonyl (C=O) groups is 4. The van der Waals surface area contributed by atoms with Crippen LogP contribution in [0, 0.1) is 6.92 Å². The molecule has 1 aliphatic heterocycles. The van der Waals surface area contributed by atoms with Crippen LogP contribution in [0.5, 0.6) is 0 Å². The Morgan fingerprint density at radius 3 is 2.51 bits per heavy atom. The van der Waals surface area contributed by atoms with Gasteiger partial charge >= 0.3 is 0 Å². The summed E-state index contributed by atoms with van der Waals surface area (Å²) in [6.45, 7) is 6.80. The zero-order valence-electron chi connectivity index (χ0n) is 23.9. The fourth-order valence-corrected chi connectivity index (χ4v) is 4.73. The number of ether oxygens (including phenoxy) is 1. The predicted molar refractivity (Wildman–Crippen MR) is 158 cm³/mol. The molecular weight excluding hydrogens is 546 g/mol. The van der Waals surface area contributed by atoms with E-state index in [1.165, 1.54) is 4.90 Å².